The van der Waals surface area contributed by atoms with Crippen molar-refractivity contribution in [2.45, 2.75) is 0 Å². The van der Waals surface area contributed by atoms with E-state index in [1.54, 1.807) is 0 Å². The van der Waals surface area contributed by atoms with E-state index in [0.717, 1.165) is 18.2 Å². The molecule has 128 valence electrons. The molecular formula is C14H9ClN4O6. The molecule has 0 bridgehead atoms. The monoisotopic (exact) mass is 364 g/mol. The molecule has 0 saturated carbocycles. The van der Waals surface area contributed by atoms with E-state index in [4.69, 9.17) is 11.6 Å². The fourth-order valence-corrected chi connectivity index (χ4v) is 2.03. The van der Waals surface area contributed by atoms with E-state index in [1.165, 1.54) is 24.3 Å². The zero-order chi connectivity index (χ0) is 18.6. The number of carbonyl (C=O) groups is 2. The van der Waals surface area contributed by atoms with E-state index < -0.39 is 27.3 Å². The maximum Gasteiger partial charge on any atom is 0.283 e. The summed E-state index contributed by atoms with van der Waals surface area (Å²) < 4.78 is 0. The summed E-state index contributed by atoms with van der Waals surface area (Å²) in [4.78, 5) is 44.1. The maximum atomic E-state index is 12.0. The fraction of sp³-hybridized carbons (Fsp3) is 0. The molecule has 0 unspecified atom stereocenters. The summed E-state index contributed by atoms with van der Waals surface area (Å²) in [7, 11) is 0. The number of hydrogen-bond acceptors (Lipinski definition) is 6. The number of hydrogen-bond donors (Lipinski definition) is 2. The van der Waals surface area contributed by atoms with Crippen LogP contribution in [0.15, 0.2) is 42.5 Å². The summed E-state index contributed by atoms with van der Waals surface area (Å²) in [5.41, 5.74) is 2.82. The van der Waals surface area contributed by atoms with Gasteiger partial charge in [-0.1, -0.05) is 17.7 Å². The number of carbonyl (C=O) groups excluding carboxylic acids is 2. The van der Waals surface area contributed by atoms with Crippen molar-refractivity contribution in [3.8, 4) is 0 Å². The highest BCUT2D eigenvalue weighted by atomic mass is 35.5. The molecule has 10 nitrogen and oxygen atoms in total. The van der Waals surface area contributed by atoms with Gasteiger partial charge in [0.2, 0.25) is 0 Å². The first-order chi connectivity index (χ1) is 11.8. The van der Waals surface area contributed by atoms with Gasteiger partial charge >= 0.3 is 0 Å². The Balaban J connectivity index is 2.12. The molecule has 2 rings (SSSR count). The molecule has 0 fully saturated rings. The molecular weight excluding hydrogens is 356 g/mol. The van der Waals surface area contributed by atoms with Crippen LogP contribution in [0.3, 0.4) is 0 Å². The number of non-ortho nitro benzene ring substituents is 1. The van der Waals surface area contributed by atoms with Gasteiger partial charge in [-0.05, 0) is 18.2 Å². The predicted octanol–water partition coefficient (Wildman–Crippen LogP) is 2.23. The number of nitrogens with zero attached hydrogens (tertiary/aromatic N) is 2. The SMILES string of the molecule is O=C(NNC(=O)c1ccc(Cl)cc1[N+](=O)[O-])c1cccc([N+](=O)[O-])c1. The lowest BCUT2D eigenvalue weighted by Crippen LogP contribution is -2.41. The number of hydrazine groups is 1. The quantitative estimate of drug-likeness (QED) is 0.628. The van der Waals surface area contributed by atoms with E-state index in [0.29, 0.717) is 0 Å². The Labute approximate surface area is 144 Å². The Morgan fingerprint density at radius 2 is 1.60 bits per heavy atom. The molecule has 0 aliphatic carbocycles. The molecule has 0 heterocycles. The van der Waals surface area contributed by atoms with Crippen LogP contribution in [-0.2, 0) is 0 Å². The third-order valence-electron chi connectivity index (χ3n) is 3.01. The second-order valence-electron chi connectivity index (χ2n) is 4.63. The van der Waals surface area contributed by atoms with Crippen LogP contribution in [0.4, 0.5) is 11.4 Å². The van der Waals surface area contributed by atoms with Crippen LogP contribution in [0.1, 0.15) is 20.7 Å². The van der Waals surface area contributed by atoms with E-state index in [-0.39, 0.29) is 21.8 Å². The Morgan fingerprint density at radius 3 is 2.24 bits per heavy atom. The van der Waals surface area contributed by atoms with E-state index >= 15 is 0 Å². The van der Waals surface area contributed by atoms with Gasteiger partial charge in [-0.2, -0.15) is 0 Å². The van der Waals surface area contributed by atoms with Gasteiger partial charge in [0.1, 0.15) is 5.56 Å². The minimum Gasteiger partial charge on any atom is -0.267 e. The van der Waals surface area contributed by atoms with Crippen LogP contribution >= 0.6 is 11.6 Å². The van der Waals surface area contributed by atoms with Crippen LogP contribution < -0.4 is 10.9 Å². The Hall–Kier alpha value is -3.53. The number of amides is 2. The van der Waals surface area contributed by atoms with Crippen molar-refractivity contribution >= 4 is 34.8 Å². The molecule has 0 spiro atoms. The second-order valence-corrected chi connectivity index (χ2v) is 5.07. The summed E-state index contributed by atoms with van der Waals surface area (Å²) in [5.74, 6) is -1.77. The van der Waals surface area contributed by atoms with Crippen molar-refractivity contribution in [3.05, 3.63) is 78.8 Å². The van der Waals surface area contributed by atoms with Gasteiger partial charge in [0.25, 0.3) is 23.2 Å². The molecule has 0 radical (unpaired) electrons. The normalized spacial score (nSPS) is 9.96. The first-order valence-corrected chi connectivity index (χ1v) is 6.96. The largest absolute Gasteiger partial charge is 0.283 e. The van der Waals surface area contributed by atoms with Gasteiger partial charge in [0.05, 0.1) is 9.85 Å². The average molecular weight is 365 g/mol. The highest BCUT2D eigenvalue weighted by Crippen LogP contribution is 2.23. The predicted molar refractivity (Wildman–Crippen MR) is 86.1 cm³/mol. The number of nitro benzene ring substituents is 2. The van der Waals surface area contributed by atoms with Crippen molar-refractivity contribution < 1.29 is 19.4 Å². The lowest BCUT2D eigenvalue weighted by atomic mass is 10.1. The van der Waals surface area contributed by atoms with Crippen LogP contribution in [-0.4, -0.2) is 21.7 Å². The molecule has 11 heteroatoms. The van der Waals surface area contributed by atoms with E-state index in [2.05, 4.69) is 0 Å². The van der Waals surface area contributed by atoms with Crippen molar-refractivity contribution in [3.63, 3.8) is 0 Å². The minimum absolute atomic E-state index is 0.0693. The number of nitro groups is 2. The number of rotatable bonds is 4. The fourth-order valence-electron chi connectivity index (χ4n) is 1.86. The maximum absolute atomic E-state index is 12.0. The van der Waals surface area contributed by atoms with Gasteiger partial charge in [0, 0.05) is 28.8 Å². The van der Waals surface area contributed by atoms with Crippen LogP contribution in [0.25, 0.3) is 0 Å². The van der Waals surface area contributed by atoms with E-state index in [1.807, 2.05) is 10.9 Å². The van der Waals surface area contributed by atoms with Gasteiger partial charge in [0.15, 0.2) is 0 Å². The average Bonchev–Trinajstić information content (AvgIpc) is 2.59. The highest BCUT2D eigenvalue weighted by Gasteiger charge is 2.21. The molecule has 2 aromatic rings. The van der Waals surface area contributed by atoms with Crippen molar-refractivity contribution in [2.24, 2.45) is 0 Å². The Morgan fingerprint density at radius 1 is 0.920 bits per heavy atom. The zero-order valence-corrected chi connectivity index (χ0v) is 13.0. The number of benzene rings is 2. The summed E-state index contributed by atoms with van der Waals surface area (Å²) >= 11 is 5.65. The van der Waals surface area contributed by atoms with Crippen molar-refractivity contribution in [1.29, 1.82) is 0 Å². The minimum atomic E-state index is -0.942. The van der Waals surface area contributed by atoms with Gasteiger partial charge < -0.3 is 0 Å². The second kappa shape index (κ2) is 7.36. The van der Waals surface area contributed by atoms with Crippen molar-refractivity contribution in [2.75, 3.05) is 0 Å². The Bertz CT molecular complexity index is 885. The molecule has 2 amide bonds. The molecule has 0 aromatic heterocycles. The molecule has 0 aliphatic heterocycles. The first-order valence-electron chi connectivity index (χ1n) is 6.58. The zero-order valence-electron chi connectivity index (χ0n) is 12.3. The summed E-state index contributed by atoms with van der Waals surface area (Å²) in [5, 5.41) is 21.7. The van der Waals surface area contributed by atoms with Gasteiger partial charge in [-0.3, -0.25) is 40.7 Å². The topological polar surface area (TPSA) is 144 Å². The number of halogens is 1. The van der Waals surface area contributed by atoms with E-state index in [9.17, 15) is 29.8 Å². The van der Waals surface area contributed by atoms with Gasteiger partial charge in [-0.15, -0.1) is 0 Å². The van der Waals surface area contributed by atoms with Crippen LogP contribution in [0.2, 0.25) is 5.02 Å². The lowest BCUT2D eigenvalue weighted by molar-refractivity contribution is -0.385. The Kier molecular flexibility index (Phi) is 5.25. The van der Waals surface area contributed by atoms with Gasteiger partial charge in [-0.25, -0.2) is 0 Å². The molecule has 2 N–H and O–H groups in total. The lowest BCUT2D eigenvalue weighted by Gasteiger charge is -2.08. The first kappa shape index (κ1) is 17.8. The third-order valence-corrected chi connectivity index (χ3v) is 3.24. The summed E-state index contributed by atoms with van der Waals surface area (Å²) in [6.07, 6.45) is 0. The third kappa shape index (κ3) is 4.26. The molecule has 0 atom stereocenters. The number of nitrogens with one attached hydrogen (secondary N) is 2. The smallest absolute Gasteiger partial charge is 0.267 e. The standard InChI is InChI=1S/C14H9ClN4O6/c15-9-4-5-11(12(7-9)19(24)25)14(21)17-16-13(20)8-2-1-3-10(6-8)18(22)23/h1-7H,(H,16,20)(H,17,21). The summed E-state index contributed by atoms with van der Waals surface area (Å²) in [6.45, 7) is 0. The highest BCUT2D eigenvalue weighted by molar-refractivity contribution is 6.31. The molecule has 25 heavy (non-hydrogen) atoms. The summed E-state index contributed by atoms with van der Waals surface area (Å²) in [6, 6.07) is 8.25. The van der Waals surface area contributed by atoms with Crippen molar-refractivity contribution in [1.82, 2.24) is 10.9 Å². The molecule has 0 aliphatic rings. The molecule has 2 aromatic carbocycles. The molecule has 0 saturated heterocycles. The van der Waals surface area contributed by atoms with Crippen LogP contribution in [0, 0.1) is 20.2 Å². The van der Waals surface area contributed by atoms with Crippen LogP contribution in [0.5, 0.6) is 0 Å².